The molecule has 1 aromatic rings. The van der Waals surface area contributed by atoms with Crippen molar-refractivity contribution in [3.63, 3.8) is 0 Å². The molecule has 0 atom stereocenters. The van der Waals surface area contributed by atoms with Crippen LogP contribution < -0.4 is 5.32 Å². The highest BCUT2D eigenvalue weighted by Gasteiger charge is 2.16. The molecule has 0 bridgehead atoms. The minimum Gasteiger partial charge on any atom is -0.323 e. The summed E-state index contributed by atoms with van der Waals surface area (Å²) in [5.41, 5.74) is 1.63. The first-order valence-electron chi connectivity index (χ1n) is 6.26. The molecular formula is C13H18N2O2S. The van der Waals surface area contributed by atoms with Crippen LogP contribution in [0.2, 0.25) is 0 Å². The van der Waals surface area contributed by atoms with Gasteiger partial charge in [-0.15, -0.1) is 11.3 Å². The molecular weight excluding hydrogens is 248 g/mol. The number of anilines is 1. The minimum atomic E-state index is -0.0264. The largest absolute Gasteiger partial charge is 0.323 e. The summed E-state index contributed by atoms with van der Waals surface area (Å²) in [5.74, 6) is -0.0264. The van der Waals surface area contributed by atoms with Crippen molar-refractivity contribution in [2.24, 2.45) is 0 Å². The smallest absolute Gasteiger partial charge is 0.238 e. The van der Waals surface area contributed by atoms with E-state index < -0.39 is 0 Å². The zero-order chi connectivity index (χ0) is 13.0. The average Bonchev–Trinajstić information content (AvgIpc) is 2.72. The molecule has 1 aliphatic heterocycles. The Bertz CT molecular complexity index is 436. The standard InChI is InChI=1S/C13H18N2O2S/c1-10-9-18-11(8-16)13(10)14-12(17)7-15-5-3-2-4-6-15/h8-9H,2-7H2,1H3,(H,14,17). The first kappa shape index (κ1) is 13.2. The summed E-state index contributed by atoms with van der Waals surface area (Å²) in [6, 6.07) is 0. The number of hydrogen-bond donors (Lipinski definition) is 1. The molecule has 18 heavy (non-hydrogen) atoms. The first-order valence-corrected chi connectivity index (χ1v) is 7.14. The van der Waals surface area contributed by atoms with E-state index in [0.717, 1.165) is 24.9 Å². The molecule has 2 rings (SSSR count). The fourth-order valence-corrected chi connectivity index (χ4v) is 3.02. The fraction of sp³-hybridized carbons (Fsp3) is 0.538. The Morgan fingerprint density at radius 2 is 2.17 bits per heavy atom. The van der Waals surface area contributed by atoms with Crippen molar-refractivity contribution in [3.05, 3.63) is 15.8 Å². The molecule has 98 valence electrons. The quantitative estimate of drug-likeness (QED) is 0.851. The predicted octanol–water partition coefficient (Wildman–Crippen LogP) is 2.29. The maximum absolute atomic E-state index is 11.9. The number of aldehydes is 1. The Morgan fingerprint density at radius 3 is 2.83 bits per heavy atom. The van der Waals surface area contributed by atoms with Crippen molar-refractivity contribution in [2.75, 3.05) is 25.0 Å². The van der Waals surface area contributed by atoms with Crippen LogP contribution in [0.25, 0.3) is 0 Å². The lowest BCUT2D eigenvalue weighted by atomic mass is 10.1. The molecule has 1 amide bonds. The van der Waals surface area contributed by atoms with Gasteiger partial charge < -0.3 is 5.32 Å². The van der Waals surface area contributed by atoms with Crippen LogP contribution in [-0.4, -0.2) is 36.7 Å². The number of carbonyl (C=O) groups is 2. The Kier molecular flexibility index (Phi) is 4.49. The van der Waals surface area contributed by atoms with Gasteiger partial charge in [-0.1, -0.05) is 6.42 Å². The number of thiophene rings is 1. The minimum absolute atomic E-state index is 0.0264. The highest BCUT2D eigenvalue weighted by atomic mass is 32.1. The number of amides is 1. The van der Waals surface area contributed by atoms with E-state index in [0.29, 0.717) is 17.1 Å². The van der Waals surface area contributed by atoms with Gasteiger partial charge in [-0.05, 0) is 43.8 Å². The number of nitrogens with one attached hydrogen (secondary N) is 1. The topological polar surface area (TPSA) is 49.4 Å². The molecule has 1 fully saturated rings. The molecule has 5 heteroatoms. The average molecular weight is 266 g/mol. The van der Waals surface area contributed by atoms with Gasteiger partial charge in [0, 0.05) is 0 Å². The lowest BCUT2D eigenvalue weighted by Crippen LogP contribution is -2.36. The summed E-state index contributed by atoms with van der Waals surface area (Å²) in [6.07, 6.45) is 4.40. The number of likely N-dealkylation sites (tertiary alicyclic amines) is 1. The Morgan fingerprint density at radius 1 is 1.44 bits per heavy atom. The SMILES string of the molecule is Cc1csc(C=O)c1NC(=O)CN1CCCCC1. The number of hydrogen-bond acceptors (Lipinski definition) is 4. The van der Waals surface area contributed by atoms with Crippen molar-refractivity contribution in [1.82, 2.24) is 4.90 Å². The Balaban J connectivity index is 1.93. The van der Waals surface area contributed by atoms with E-state index in [1.807, 2.05) is 12.3 Å². The van der Waals surface area contributed by atoms with Crippen LogP contribution in [-0.2, 0) is 4.79 Å². The molecule has 4 nitrogen and oxygen atoms in total. The summed E-state index contributed by atoms with van der Waals surface area (Å²) in [6.45, 7) is 4.32. The van der Waals surface area contributed by atoms with Gasteiger partial charge in [-0.2, -0.15) is 0 Å². The fourth-order valence-electron chi connectivity index (χ4n) is 2.21. The van der Waals surface area contributed by atoms with Crippen LogP contribution in [0.4, 0.5) is 5.69 Å². The number of carbonyl (C=O) groups excluding carboxylic acids is 2. The molecule has 1 aromatic heterocycles. The van der Waals surface area contributed by atoms with Crippen LogP contribution in [0.3, 0.4) is 0 Å². The van der Waals surface area contributed by atoms with Gasteiger partial charge in [-0.25, -0.2) is 0 Å². The normalized spacial score (nSPS) is 16.5. The van der Waals surface area contributed by atoms with E-state index >= 15 is 0 Å². The zero-order valence-electron chi connectivity index (χ0n) is 10.6. The highest BCUT2D eigenvalue weighted by Crippen LogP contribution is 2.25. The first-order chi connectivity index (χ1) is 8.70. The second-order valence-electron chi connectivity index (χ2n) is 4.66. The van der Waals surface area contributed by atoms with E-state index in [1.165, 1.54) is 30.6 Å². The van der Waals surface area contributed by atoms with E-state index in [1.54, 1.807) is 0 Å². The van der Waals surface area contributed by atoms with E-state index in [9.17, 15) is 9.59 Å². The summed E-state index contributed by atoms with van der Waals surface area (Å²) < 4.78 is 0. The molecule has 1 N–H and O–H groups in total. The molecule has 0 spiro atoms. The molecule has 0 saturated carbocycles. The van der Waals surface area contributed by atoms with Crippen LogP contribution in [0.5, 0.6) is 0 Å². The maximum atomic E-state index is 11.9. The van der Waals surface area contributed by atoms with Gasteiger partial charge in [0.25, 0.3) is 0 Å². The third-order valence-electron chi connectivity index (χ3n) is 3.19. The van der Waals surface area contributed by atoms with Crippen LogP contribution >= 0.6 is 11.3 Å². The molecule has 1 aliphatic rings. The van der Waals surface area contributed by atoms with Crippen molar-refractivity contribution in [1.29, 1.82) is 0 Å². The number of nitrogens with zero attached hydrogens (tertiary/aromatic N) is 1. The third-order valence-corrected chi connectivity index (χ3v) is 4.22. The molecule has 1 saturated heterocycles. The van der Waals surface area contributed by atoms with E-state index in [2.05, 4.69) is 10.2 Å². The number of aryl methyl sites for hydroxylation is 1. The van der Waals surface area contributed by atoms with Gasteiger partial charge in [0.1, 0.15) is 0 Å². The maximum Gasteiger partial charge on any atom is 0.238 e. The van der Waals surface area contributed by atoms with Crippen LogP contribution in [0, 0.1) is 6.92 Å². The third kappa shape index (κ3) is 3.17. The van der Waals surface area contributed by atoms with Gasteiger partial charge >= 0.3 is 0 Å². The molecule has 0 unspecified atom stereocenters. The second kappa shape index (κ2) is 6.11. The van der Waals surface area contributed by atoms with Crippen molar-refractivity contribution in [3.8, 4) is 0 Å². The highest BCUT2D eigenvalue weighted by molar-refractivity contribution is 7.12. The van der Waals surface area contributed by atoms with E-state index in [4.69, 9.17) is 0 Å². The predicted molar refractivity (Wildman–Crippen MR) is 73.4 cm³/mol. The number of piperidine rings is 1. The summed E-state index contributed by atoms with van der Waals surface area (Å²) >= 11 is 1.37. The van der Waals surface area contributed by atoms with Crippen molar-refractivity contribution < 1.29 is 9.59 Å². The van der Waals surface area contributed by atoms with Crippen LogP contribution in [0.15, 0.2) is 5.38 Å². The van der Waals surface area contributed by atoms with Gasteiger partial charge in [-0.3, -0.25) is 14.5 Å². The van der Waals surface area contributed by atoms with Crippen LogP contribution in [0.1, 0.15) is 34.5 Å². The summed E-state index contributed by atoms with van der Waals surface area (Å²) in [5, 5.41) is 4.74. The van der Waals surface area contributed by atoms with Crippen molar-refractivity contribution in [2.45, 2.75) is 26.2 Å². The second-order valence-corrected chi connectivity index (χ2v) is 5.57. The molecule has 0 radical (unpaired) electrons. The Labute approximate surface area is 111 Å². The lowest BCUT2D eigenvalue weighted by Gasteiger charge is -2.25. The van der Waals surface area contributed by atoms with E-state index in [-0.39, 0.29) is 5.91 Å². The molecule has 2 heterocycles. The lowest BCUT2D eigenvalue weighted by molar-refractivity contribution is -0.117. The summed E-state index contributed by atoms with van der Waals surface area (Å²) in [4.78, 5) is 25.6. The zero-order valence-corrected chi connectivity index (χ0v) is 11.4. The van der Waals surface area contributed by atoms with Gasteiger partial charge in [0.05, 0.1) is 17.1 Å². The molecule has 0 aromatic carbocycles. The molecule has 0 aliphatic carbocycles. The monoisotopic (exact) mass is 266 g/mol. The summed E-state index contributed by atoms with van der Waals surface area (Å²) in [7, 11) is 0. The number of rotatable bonds is 4. The van der Waals surface area contributed by atoms with Gasteiger partial charge in [0.2, 0.25) is 5.91 Å². The van der Waals surface area contributed by atoms with Crippen molar-refractivity contribution >= 4 is 29.2 Å². The van der Waals surface area contributed by atoms with Gasteiger partial charge in [0.15, 0.2) is 6.29 Å². The Hall–Kier alpha value is -1.20.